The van der Waals surface area contributed by atoms with Crippen LogP contribution < -0.4 is 0 Å². The largest absolute Gasteiger partial charge is 0.469 e. The SMILES string of the molecule is COC(=O)C(C)C1(C)CCC(c2ccccc2)=C(C)C1. The molecule has 0 aromatic heterocycles. The predicted octanol–water partition coefficient (Wildman–Crippen LogP) is 4.46. The van der Waals surface area contributed by atoms with Crippen LogP contribution in [0.15, 0.2) is 35.9 Å². The Morgan fingerprint density at radius 3 is 2.50 bits per heavy atom. The zero-order valence-electron chi connectivity index (χ0n) is 12.9. The van der Waals surface area contributed by atoms with E-state index in [4.69, 9.17) is 4.74 Å². The lowest BCUT2D eigenvalue weighted by Gasteiger charge is -2.39. The summed E-state index contributed by atoms with van der Waals surface area (Å²) in [4.78, 5) is 11.8. The molecule has 1 aliphatic carbocycles. The van der Waals surface area contributed by atoms with Gasteiger partial charge in [0, 0.05) is 0 Å². The molecule has 2 atom stereocenters. The second-order valence-electron chi connectivity index (χ2n) is 6.20. The monoisotopic (exact) mass is 272 g/mol. The van der Waals surface area contributed by atoms with Crippen LogP contribution >= 0.6 is 0 Å². The third kappa shape index (κ3) is 2.79. The van der Waals surface area contributed by atoms with E-state index in [1.165, 1.54) is 23.8 Å². The van der Waals surface area contributed by atoms with Crippen molar-refractivity contribution in [3.8, 4) is 0 Å². The summed E-state index contributed by atoms with van der Waals surface area (Å²) in [6.45, 7) is 6.40. The molecule has 0 saturated carbocycles. The molecule has 1 aromatic rings. The molecule has 0 fully saturated rings. The van der Waals surface area contributed by atoms with Crippen LogP contribution in [0.2, 0.25) is 0 Å². The van der Waals surface area contributed by atoms with Crippen molar-refractivity contribution < 1.29 is 9.53 Å². The van der Waals surface area contributed by atoms with E-state index in [9.17, 15) is 4.79 Å². The second kappa shape index (κ2) is 5.82. The minimum absolute atomic E-state index is 0.00938. The fourth-order valence-corrected chi connectivity index (χ4v) is 3.29. The Morgan fingerprint density at radius 1 is 1.30 bits per heavy atom. The number of allylic oxidation sites excluding steroid dienone is 2. The summed E-state index contributed by atoms with van der Waals surface area (Å²) in [7, 11) is 1.48. The maximum atomic E-state index is 11.8. The molecule has 0 amide bonds. The van der Waals surface area contributed by atoms with Crippen molar-refractivity contribution in [1.82, 2.24) is 0 Å². The van der Waals surface area contributed by atoms with Gasteiger partial charge in [0.2, 0.25) is 0 Å². The summed E-state index contributed by atoms with van der Waals surface area (Å²) in [5.41, 5.74) is 4.17. The lowest BCUT2D eigenvalue weighted by molar-refractivity contribution is -0.149. The van der Waals surface area contributed by atoms with Crippen molar-refractivity contribution in [3.05, 3.63) is 41.5 Å². The molecule has 1 aliphatic rings. The molecule has 0 N–H and O–H groups in total. The van der Waals surface area contributed by atoms with Gasteiger partial charge in [0.05, 0.1) is 13.0 Å². The highest BCUT2D eigenvalue weighted by Crippen LogP contribution is 2.47. The van der Waals surface area contributed by atoms with Gasteiger partial charge in [0.15, 0.2) is 0 Å². The fraction of sp³-hybridized carbons (Fsp3) is 0.500. The minimum Gasteiger partial charge on any atom is -0.469 e. The first kappa shape index (κ1) is 14.8. The average Bonchev–Trinajstić information content (AvgIpc) is 2.46. The summed E-state index contributed by atoms with van der Waals surface area (Å²) < 4.78 is 4.92. The molecule has 0 aliphatic heterocycles. The normalized spacial score (nSPS) is 24.4. The van der Waals surface area contributed by atoms with Crippen LogP contribution in [0.3, 0.4) is 0 Å². The summed E-state index contributed by atoms with van der Waals surface area (Å²) in [5, 5.41) is 0. The van der Waals surface area contributed by atoms with E-state index in [-0.39, 0.29) is 17.3 Å². The highest BCUT2D eigenvalue weighted by molar-refractivity contribution is 5.74. The van der Waals surface area contributed by atoms with Crippen molar-refractivity contribution in [2.45, 2.75) is 40.0 Å². The summed E-state index contributed by atoms with van der Waals surface area (Å²) in [6, 6.07) is 10.6. The maximum Gasteiger partial charge on any atom is 0.308 e. The molecular weight excluding hydrogens is 248 g/mol. The van der Waals surface area contributed by atoms with E-state index in [1.54, 1.807) is 0 Å². The Labute approximate surface area is 121 Å². The second-order valence-corrected chi connectivity index (χ2v) is 6.20. The highest BCUT2D eigenvalue weighted by atomic mass is 16.5. The molecule has 2 rings (SSSR count). The van der Waals surface area contributed by atoms with Crippen molar-refractivity contribution in [3.63, 3.8) is 0 Å². The quantitative estimate of drug-likeness (QED) is 0.759. The first-order valence-corrected chi connectivity index (χ1v) is 7.30. The first-order chi connectivity index (χ1) is 9.48. The lowest BCUT2D eigenvalue weighted by atomic mass is 9.65. The molecule has 20 heavy (non-hydrogen) atoms. The molecule has 0 radical (unpaired) electrons. The van der Waals surface area contributed by atoms with E-state index >= 15 is 0 Å². The van der Waals surface area contributed by atoms with Gasteiger partial charge in [-0.25, -0.2) is 0 Å². The molecule has 0 bridgehead atoms. The third-order valence-corrected chi connectivity index (χ3v) is 4.85. The molecule has 0 heterocycles. The average molecular weight is 272 g/mol. The number of ether oxygens (including phenoxy) is 1. The van der Waals surface area contributed by atoms with Gasteiger partial charge < -0.3 is 4.74 Å². The number of benzene rings is 1. The van der Waals surface area contributed by atoms with E-state index in [1.807, 2.05) is 13.0 Å². The van der Waals surface area contributed by atoms with Crippen LogP contribution in [-0.4, -0.2) is 13.1 Å². The number of methoxy groups -OCH3 is 1. The van der Waals surface area contributed by atoms with Gasteiger partial charge in [-0.15, -0.1) is 0 Å². The van der Waals surface area contributed by atoms with Crippen LogP contribution in [0.1, 0.15) is 45.6 Å². The van der Waals surface area contributed by atoms with Crippen LogP contribution in [-0.2, 0) is 9.53 Å². The van der Waals surface area contributed by atoms with Crippen molar-refractivity contribution in [2.75, 3.05) is 7.11 Å². The van der Waals surface area contributed by atoms with Gasteiger partial charge in [0.1, 0.15) is 0 Å². The number of carbonyl (C=O) groups excluding carboxylic acids is 1. The Bertz CT molecular complexity index is 515. The highest BCUT2D eigenvalue weighted by Gasteiger charge is 2.39. The van der Waals surface area contributed by atoms with E-state index in [0.29, 0.717) is 0 Å². The fourth-order valence-electron chi connectivity index (χ4n) is 3.29. The molecule has 2 nitrogen and oxygen atoms in total. The Hall–Kier alpha value is -1.57. The Morgan fingerprint density at radius 2 is 1.95 bits per heavy atom. The maximum absolute atomic E-state index is 11.8. The molecule has 0 spiro atoms. The molecule has 2 unspecified atom stereocenters. The Balaban J connectivity index is 2.24. The van der Waals surface area contributed by atoms with Crippen LogP contribution in [0.4, 0.5) is 0 Å². The van der Waals surface area contributed by atoms with Crippen LogP contribution in [0, 0.1) is 11.3 Å². The number of rotatable bonds is 3. The molecular formula is C18H24O2. The van der Waals surface area contributed by atoms with Crippen LogP contribution in [0.5, 0.6) is 0 Å². The Kier molecular flexibility index (Phi) is 4.32. The number of hydrogen-bond donors (Lipinski definition) is 0. The van der Waals surface area contributed by atoms with Gasteiger partial charge in [-0.05, 0) is 42.7 Å². The van der Waals surface area contributed by atoms with Gasteiger partial charge >= 0.3 is 5.97 Å². The molecule has 108 valence electrons. The van der Waals surface area contributed by atoms with Crippen LogP contribution in [0.25, 0.3) is 5.57 Å². The molecule has 1 aromatic carbocycles. The third-order valence-electron chi connectivity index (χ3n) is 4.85. The molecule has 2 heteroatoms. The van der Waals surface area contributed by atoms with Gasteiger partial charge in [0.25, 0.3) is 0 Å². The summed E-state index contributed by atoms with van der Waals surface area (Å²) in [5.74, 6) is -0.150. The number of carbonyl (C=O) groups is 1. The van der Waals surface area contributed by atoms with Crippen molar-refractivity contribution in [2.24, 2.45) is 11.3 Å². The summed E-state index contributed by atoms with van der Waals surface area (Å²) >= 11 is 0. The lowest BCUT2D eigenvalue weighted by Crippen LogP contribution is -2.34. The van der Waals surface area contributed by atoms with Gasteiger partial charge in [-0.1, -0.05) is 49.8 Å². The standard InChI is InChI=1S/C18H24O2/c1-13-12-18(3,14(2)17(19)20-4)11-10-16(13)15-8-6-5-7-9-15/h5-9,14H,10-12H2,1-4H3. The predicted molar refractivity (Wildman–Crippen MR) is 82.2 cm³/mol. The first-order valence-electron chi connectivity index (χ1n) is 7.30. The van der Waals surface area contributed by atoms with E-state index in [0.717, 1.165) is 19.3 Å². The number of hydrogen-bond acceptors (Lipinski definition) is 2. The summed E-state index contributed by atoms with van der Waals surface area (Å²) in [6.07, 6.45) is 3.03. The van der Waals surface area contributed by atoms with Gasteiger partial charge in [-0.2, -0.15) is 0 Å². The number of esters is 1. The topological polar surface area (TPSA) is 26.3 Å². The van der Waals surface area contributed by atoms with E-state index in [2.05, 4.69) is 38.1 Å². The molecule has 0 saturated heterocycles. The smallest absolute Gasteiger partial charge is 0.308 e. The van der Waals surface area contributed by atoms with Crippen molar-refractivity contribution >= 4 is 11.5 Å². The minimum atomic E-state index is -0.0940. The van der Waals surface area contributed by atoms with Crippen molar-refractivity contribution in [1.29, 1.82) is 0 Å². The zero-order chi connectivity index (χ0) is 14.8. The van der Waals surface area contributed by atoms with E-state index < -0.39 is 0 Å². The zero-order valence-corrected chi connectivity index (χ0v) is 12.9. The van der Waals surface area contributed by atoms with Gasteiger partial charge in [-0.3, -0.25) is 4.79 Å².